The van der Waals surface area contributed by atoms with Crippen LogP contribution in [0.4, 0.5) is 0 Å². The molecule has 0 radical (unpaired) electrons. The lowest BCUT2D eigenvalue weighted by Gasteiger charge is -2.27. The third-order valence-corrected chi connectivity index (χ3v) is 3.05. The van der Waals surface area contributed by atoms with Crippen molar-refractivity contribution in [1.29, 1.82) is 0 Å². The van der Waals surface area contributed by atoms with Gasteiger partial charge in [0.2, 0.25) is 11.8 Å². The second-order valence-corrected chi connectivity index (χ2v) is 4.01. The standard InChI is InChI=1S/C10H15NO4/c1-6(12)11(7(2)13)8-3-4-9-10(8)15-5-14-9/h8-10H,3-5H2,1-2H3. The highest BCUT2D eigenvalue weighted by atomic mass is 16.7. The molecule has 15 heavy (non-hydrogen) atoms. The Labute approximate surface area is 88.3 Å². The number of amides is 2. The van der Waals surface area contributed by atoms with E-state index in [1.165, 1.54) is 18.7 Å². The van der Waals surface area contributed by atoms with E-state index in [0.717, 1.165) is 12.8 Å². The Kier molecular flexibility index (Phi) is 2.75. The van der Waals surface area contributed by atoms with Crippen molar-refractivity contribution in [1.82, 2.24) is 4.90 Å². The summed E-state index contributed by atoms with van der Waals surface area (Å²) < 4.78 is 10.7. The molecule has 0 bridgehead atoms. The van der Waals surface area contributed by atoms with Gasteiger partial charge >= 0.3 is 0 Å². The van der Waals surface area contributed by atoms with Gasteiger partial charge in [0, 0.05) is 13.8 Å². The van der Waals surface area contributed by atoms with Gasteiger partial charge in [-0.3, -0.25) is 14.5 Å². The van der Waals surface area contributed by atoms with Crippen LogP contribution in [0.1, 0.15) is 26.7 Å². The average molecular weight is 213 g/mol. The molecule has 2 amide bonds. The molecule has 1 aliphatic heterocycles. The van der Waals surface area contributed by atoms with E-state index < -0.39 is 0 Å². The molecule has 84 valence electrons. The zero-order valence-electron chi connectivity index (χ0n) is 8.93. The van der Waals surface area contributed by atoms with Crippen LogP contribution in [-0.4, -0.2) is 41.8 Å². The second kappa shape index (κ2) is 3.90. The van der Waals surface area contributed by atoms with Gasteiger partial charge in [0.05, 0.1) is 12.1 Å². The van der Waals surface area contributed by atoms with Gasteiger partial charge in [0.1, 0.15) is 12.9 Å². The maximum absolute atomic E-state index is 11.4. The summed E-state index contributed by atoms with van der Waals surface area (Å²) >= 11 is 0. The average Bonchev–Trinajstić information content (AvgIpc) is 2.67. The SMILES string of the molecule is CC(=O)N(C(C)=O)C1CCC2OCOC21. The molecule has 1 saturated carbocycles. The number of rotatable bonds is 1. The first kappa shape index (κ1) is 10.6. The first-order valence-electron chi connectivity index (χ1n) is 5.15. The number of imide groups is 1. The van der Waals surface area contributed by atoms with Crippen molar-refractivity contribution in [2.75, 3.05) is 6.79 Å². The fourth-order valence-corrected chi connectivity index (χ4v) is 2.48. The number of fused-ring (bicyclic) bond motifs is 1. The Morgan fingerprint density at radius 1 is 1.13 bits per heavy atom. The van der Waals surface area contributed by atoms with Crippen LogP contribution >= 0.6 is 0 Å². The van der Waals surface area contributed by atoms with Crippen LogP contribution in [-0.2, 0) is 19.1 Å². The number of ether oxygens (including phenoxy) is 2. The van der Waals surface area contributed by atoms with Gasteiger partial charge in [-0.2, -0.15) is 0 Å². The summed E-state index contributed by atoms with van der Waals surface area (Å²) in [5.74, 6) is -0.438. The fraction of sp³-hybridized carbons (Fsp3) is 0.800. The third-order valence-electron chi connectivity index (χ3n) is 3.05. The molecule has 2 fully saturated rings. The number of carbonyl (C=O) groups excluding carboxylic acids is 2. The molecule has 5 nitrogen and oxygen atoms in total. The molecule has 1 heterocycles. The van der Waals surface area contributed by atoms with E-state index in [-0.39, 0.29) is 36.9 Å². The molecule has 3 unspecified atom stereocenters. The Hall–Kier alpha value is -0.940. The predicted octanol–water partition coefficient (Wildman–Crippen LogP) is 0.285. The highest BCUT2D eigenvalue weighted by Crippen LogP contribution is 2.33. The molecule has 2 aliphatic rings. The van der Waals surface area contributed by atoms with Crippen molar-refractivity contribution in [3.63, 3.8) is 0 Å². The summed E-state index contributed by atoms with van der Waals surface area (Å²) in [6.07, 6.45) is 1.55. The molecular formula is C10H15NO4. The highest BCUT2D eigenvalue weighted by molar-refractivity contribution is 5.93. The molecule has 3 atom stereocenters. The van der Waals surface area contributed by atoms with Crippen LogP contribution in [0.15, 0.2) is 0 Å². The van der Waals surface area contributed by atoms with Gasteiger partial charge in [-0.05, 0) is 12.8 Å². The highest BCUT2D eigenvalue weighted by Gasteiger charge is 2.46. The minimum Gasteiger partial charge on any atom is -0.349 e. The Morgan fingerprint density at radius 2 is 1.80 bits per heavy atom. The van der Waals surface area contributed by atoms with Crippen LogP contribution in [0.3, 0.4) is 0 Å². The first-order chi connectivity index (χ1) is 7.11. The van der Waals surface area contributed by atoms with Gasteiger partial charge in [0.25, 0.3) is 0 Å². The van der Waals surface area contributed by atoms with Crippen molar-refractivity contribution in [2.45, 2.75) is 44.9 Å². The second-order valence-electron chi connectivity index (χ2n) is 4.01. The van der Waals surface area contributed by atoms with Gasteiger partial charge in [-0.15, -0.1) is 0 Å². The number of hydrogen-bond donors (Lipinski definition) is 0. The maximum atomic E-state index is 11.4. The first-order valence-corrected chi connectivity index (χ1v) is 5.15. The summed E-state index contributed by atoms with van der Waals surface area (Å²) in [6.45, 7) is 3.09. The summed E-state index contributed by atoms with van der Waals surface area (Å²) in [6, 6.07) is -0.146. The Balaban J connectivity index is 2.14. The van der Waals surface area contributed by atoms with E-state index in [4.69, 9.17) is 9.47 Å². The number of carbonyl (C=O) groups is 2. The summed E-state index contributed by atoms with van der Waals surface area (Å²) in [7, 11) is 0. The minimum absolute atomic E-state index is 0.0520. The summed E-state index contributed by atoms with van der Waals surface area (Å²) in [4.78, 5) is 24.0. The quantitative estimate of drug-likeness (QED) is 0.628. The fourth-order valence-electron chi connectivity index (χ4n) is 2.48. The molecular weight excluding hydrogens is 198 g/mol. The Morgan fingerprint density at radius 3 is 2.40 bits per heavy atom. The van der Waals surface area contributed by atoms with E-state index in [2.05, 4.69) is 0 Å². The van der Waals surface area contributed by atoms with Crippen molar-refractivity contribution in [3.8, 4) is 0 Å². The zero-order chi connectivity index (χ0) is 11.0. The largest absolute Gasteiger partial charge is 0.349 e. The number of hydrogen-bond acceptors (Lipinski definition) is 4. The molecule has 0 aromatic heterocycles. The summed E-state index contributed by atoms with van der Waals surface area (Å²) in [5.41, 5.74) is 0. The van der Waals surface area contributed by atoms with Crippen LogP contribution in [0, 0.1) is 0 Å². The van der Waals surface area contributed by atoms with Gasteiger partial charge in [-0.1, -0.05) is 0 Å². The molecule has 1 saturated heterocycles. The molecule has 5 heteroatoms. The topological polar surface area (TPSA) is 55.8 Å². The lowest BCUT2D eigenvalue weighted by atomic mass is 10.1. The van der Waals surface area contributed by atoms with Crippen molar-refractivity contribution in [3.05, 3.63) is 0 Å². The predicted molar refractivity (Wildman–Crippen MR) is 50.8 cm³/mol. The van der Waals surface area contributed by atoms with E-state index in [9.17, 15) is 9.59 Å². The molecule has 1 aliphatic carbocycles. The maximum Gasteiger partial charge on any atom is 0.226 e. The van der Waals surface area contributed by atoms with Crippen LogP contribution in [0.25, 0.3) is 0 Å². The van der Waals surface area contributed by atoms with Gasteiger partial charge in [0.15, 0.2) is 0 Å². The Bertz CT molecular complexity index is 277. The minimum atomic E-state index is -0.219. The lowest BCUT2D eigenvalue weighted by molar-refractivity contribution is -0.147. The van der Waals surface area contributed by atoms with Gasteiger partial charge < -0.3 is 9.47 Å². The monoisotopic (exact) mass is 213 g/mol. The number of nitrogens with zero attached hydrogens (tertiary/aromatic N) is 1. The van der Waals surface area contributed by atoms with E-state index in [1.54, 1.807) is 0 Å². The van der Waals surface area contributed by atoms with E-state index in [1.807, 2.05) is 0 Å². The van der Waals surface area contributed by atoms with E-state index >= 15 is 0 Å². The van der Waals surface area contributed by atoms with E-state index in [0.29, 0.717) is 0 Å². The van der Waals surface area contributed by atoms with Crippen LogP contribution in [0.5, 0.6) is 0 Å². The normalized spacial score (nSPS) is 33.9. The van der Waals surface area contributed by atoms with Crippen molar-refractivity contribution in [2.24, 2.45) is 0 Å². The van der Waals surface area contributed by atoms with Crippen LogP contribution in [0.2, 0.25) is 0 Å². The van der Waals surface area contributed by atoms with Crippen LogP contribution < -0.4 is 0 Å². The van der Waals surface area contributed by atoms with Gasteiger partial charge in [-0.25, -0.2) is 0 Å². The zero-order valence-corrected chi connectivity index (χ0v) is 8.93. The molecule has 0 spiro atoms. The molecule has 0 N–H and O–H groups in total. The van der Waals surface area contributed by atoms with Crippen molar-refractivity contribution < 1.29 is 19.1 Å². The smallest absolute Gasteiger partial charge is 0.226 e. The third kappa shape index (κ3) is 1.77. The summed E-state index contributed by atoms with van der Waals surface area (Å²) in [5, 5.41) is 0. The lowest BCUT2D eigenvalue weighted by Crippen LogP contribution is -2.47. The molecule has 0 aromatic rings. The van der Waals surface area contributed by atoms with Crippen molar-refractivity contribution >= 4 is 11.8 Å². The molecule has 0 aromatic carbocycles. The molecule has 2 rings (SSSR count).